The summed E-state index contributed by atoms with van der Waals surface area (Å²) in [5, 5.41) is 8.41. The van der Waals surface area contributed by atoms with E-state index in [1.54, 1.807) is 6.20 Å². The highest BCUT2D eigenvalue weighted by Crippen LogP contribution is 2.02. The van der Waals surface area contributed by atoms with Crippen LogP contribution in [0.25, 0.3) is 0 Å². The Balaban J connectivity index is 2.53. The third-order valence-corrected chi connectivity index (χ3v) is 1.60. The molecule has 12 heavy (non-hydrogen) atoms. The van der Waals surface area contributed by atoms with E-state index in [-0.39, 0.29) is 6.42 Å². The monoisotopic (exact) mass is 165 g/mol. The first-order chi connectivity index (χ1) is 5.68. The fraction of sp³-hybridized carbons (Fsp3) is 0.333. The van der Waals surface area contributed by atoms with E-state index in [0.29, 0.717) is 6.42 Å². The van der Waals surface area contributed by atoms with Gasteiger partial charge in [0.05, 0.1) is 0 Å². The van der Waals surface area contributed by atoms with E-state index in [2.05, 4.69) is 4.98 Å². The van der Waals surface area contributed by atoms with Gasteiger partial charge < -0.3 is 5.11 Å². The lowest BCUT2D eigenvalue weighted by atomic mass is 10.1. The number of aromatic nitrogens is 1. The highest BCUT2D eigenvalue weighted by Gasteiger charge is 1.98. The molecule has 0 saturated carbocycles. The lowest BCUT2D eigenvalue weighted by Crippen LogP contribution is -1.97. The molecule has 0 saturated heterocycles. The summed E-state index contributed by atoms with van der Waals surface area (Å²) < 4.78 is 0. The van der Waals surface area contributed by atoms with Crippen LogP contribution in [-0.4, -0.2) is 16.1 Å². The molecule has 1 aromatic rings. The Hall–Kier alpha value is -1.38. The summed E-state index contributed by atoms with van der Waals surface area (Å²) in [7, 11) is 0. The standard InChI is InChI=1S/C9H11NO2/c1-7-2-3-8(6-10-7)4-5-9(11)12/h2-3,6H,4-5H2,1H3,(H,11,12). The van der Waals surface area contributed by atoms with Crippen LogP contribution in [0.1, 0.15) is 17.7 Å². The molecule has 0 atom stereocenters. The summed E-state index contributed by atoms with van der Waals surface area (Å²) in [5.74, 6) is -0.768. The van der Waals surface area contributed by atoms with Gasteiger partial charge in [0.1, 0.15) is 0 Å². The summed E-state index contributed by atoms with van der Waals surface area (Å²) in [6.07, 6.45) is 2.45. The molecule has 0 aliphatic heterocycles. The Morgan fingerprint density at radius 2 is 2.33 bits per heavy atom. The number of aliphatic carboxylic acids is 1. The van der Waals surface area contributed by atoms with E-state index in [1.165, 1.54) is 0 Å². The Kier molecular flexibility index (Phi) is 2.80. The number of pyridine rings is 1. The lowest BCUT2D eigenvalue weighted by Gasteiger charge is -1.97. The molecule has 3 heteroatoms. The molecule has 0 aliphatic carbocycles. The Morgan fingerprint density at radius 1 is 1.58 bits per heavy atom. The topological polar surface area (TPSA) is 50.2 Å². The number of carboxylic acids is 1. The first kappa shape index (κ1) is 8.71. The maximum atomic E-state index is 10.2. The summed E-state index contributed by atoms with van der Waals surface area (Å²) in [4.78, 5) is 14.3. The highest BCUT2D eigenvalue weighted by molar-refractivity contribution is 5.67. The predicted molar refractivity (Wildman–Crippen MR) is 44.9 cm³/mol. The molecule has 0 aliphatic rings. The van der Waals surface area contributed by atoms with Gasteiger partial charge in [-0.15, -0.1) is 0 Å². The maximum absolute atomic E-state index is 10.2. The second kappa shape index (κ2) is 3.85. The van der Waals surface area contributed by atoms with Gasteiger partial charge in [-0.25, -0.2) is 0 Å². The van der Waals surface area contributed by atoms with Crippen LogP contribution in [0, 0.1) is 6.92 Å². The van der Waals surface area contributed by atoms with Crippen molar-refractivity contribution in [3.63, 3.8) is 0 Å². The van der Waals surface area contributed by atoms with E-state index >= 15 is 0 Å². The van der Waals surface area contributed by atoms with Crippen LogP contribution >= 0.6 is 0 Å². The largest absolute Gasteiger partial charge is 0.481 e. The van der Waals surface area contributed by atoms with E-state index in [1.807, 2.05) is 19.1 Å². The smallest absolute Gasteiger partial charge is 0.303 e. The number of hydrogen-bond acceptors (Lipinski definition) is 2. The normalized spacial score (nSPS) is 9.75. The summed E-state index contributed by atoms with van der Waals surface area (Å²) in [5.41, 5.74) is 1.93. The third-order valence-electron chi connectivity index (χ3n) is 1.60. The van der Waals surface area contributed by atoms with Crippen LogP contribution in [0.4, 0.5) is 0 Å². The van der Waals surface area contributed by atoms with E-state index in [4.69, 9.17) is 5.11 Å². The fourth-order valence-corrected chi connectivity index (χ4v) is 0.898. The summed E-state index contributed by atoms with van der Waals surface area (Å²) >= 11 is 0. The molecule has 1 aromatic heterocycles. The SMILES string of the molecule is Cc1ccc(CCC(=O)O)cn1. The van der Waals surface area contributed by atoms with Crippen LogP contribution in [0.2, 0.25) is 0 Å². The molecule has 0 radical (unpaired) electrons. The van der Waals surface area contributed by atoms with Crippen LogP contribution in [0.3, 0.4) is 0 Å². The van der Waals surface area contributed by atoms with Crippen LogP contribution in [-0.2, 0) is 11.2 Å². The minimum atomic E-state index is -0.768. The fourth-order valence-electron chi connectivity index (χ4n) is 0.898. The number of aryl methyl sites for hydroxylation is 2. The maximum Gasteiger partial charge on any atom is 0.303 e. The molecule has 1 heterocycles. The molecule has 64 valence electrons. The quantitative estimate of drug-likeness (QED) is 0.736. The van der Waals surface area contributed by atoms with Crippen molar-refractivity contribution in [1.82, 2.24) is 4.98 Å². The molecular formula is C9H11NO2. The first-order valence-corrected chi connectivity index (χ1v) is 3.82. The van der Waals surface area contributed by atoms with Gasteiger partial charge in [0, 0.05) is 18.3 Å². The summed E-state index contributed by atoms with van der Waals surface area (Å²) in [6, 6.07) is 3.79. The highest BCUT2D eigenvalue weighted by atomic mass is 16.4. The average Bonchev–Trinajstić information content (AvgIpc) is 2.03. The molecule has 0 aromatic carbocycles. The molecular weight excluding hydrogens is 154 g/mol. The minimum Gasteiger partial charge on any atom is -0.481 e. The average molecular weight is 165 g/mol. The lowest BCUT2D eigenvalue weighted by molar-refractivity contribution is -0.136. The van der Waals surface area contributed by atoms with Crippen molar-refractivity contribution in [3.05, 3.63) is 29.6 Å². The molecule has 0 amide bonds. The number of carbonyl (C=O) groups is 1. The van der Waals surface area contributed by atoms with Gasteiger partial charge in [-0.2, -0.15) is 0 Å². The molecule has 1 rings (SSSR count). The third kappa shape index (κ3) is 2.70. The van der Waals surface area contributed by atoms with Gasteiger partial charge >= 0.3 is 5.97 Å². The van der Waals surface area contributed by atoms with Gasteiger partial charge in [-0.05, 0) is 25.0 Å². The number of hydrogen-bond donors (Lipinski definition) is 1. The molecule has 0 bridgehead atoms. The molecule has 0 spiro atoms. The number of carboxylic acid groups (broad SMARTS) is 1. The van der Waals surface area contributed by atoms with Gasteiger partial charge in [0.2, 0.25) is 0 Å². The second-order valence-corrected chi connectivity index (χ2v) is 2.70. The number of nitrogens with zero attached hydrogens (tertiary/aromatic N) is 1. The Bertz CT molecular complexity index is 266. The molecule has 0 fully saturated rings. The van der Waals surface area contributed by atoms with Crippen molar-refractivity contribution >= 4 is 5.97 Å². The van der Waals surface area contributed by atoms with E-state index in [0.717, 1.165) is 11.3 Å². The predicted octanol–water partition coefficient (Wildman–Crippen LogP) is 1.41. The van der Waals surface area contributed by atoms with E-state index < -0.39 is 5.97 Å². The zero-order valence-corrected chi connectivity index (χ0v) is 6.95. The van der Waals surface area contributed by atoms with Gasteiger partial charge in [0.15, 0.2) is 0 Å². The van der Waals surface area contributed by atoms with Gasteiger partial charge in [-0.3, -0.25) is 9.78 Å². The van der Waals surface area contributed by atoms with E-state index in [9.17, 15) is 4.79 Å². The van der Waals surface area contributed by atoms with Gasteiger partial charge in [0.25, 0.3) is 0 Å². The molecule has 0 unspecified atom stereocenters. The number of rotatable bonds is 3. The second-order valence-electron chi connectivity index (χ2n) is 2.70. The van der Waals surface area contributed by atoms with Crippen molar-refractivity contribution in [2.24, 2.45) is 0 Å². The zero-order valence-electron chi connectivity index (χ0n) is 6.95. The van der Waals surface area contributed by atoms with Crippen LogP contribution in [0.15, 0.2) is 18.3 Å². The van der Waals surface area contributed by atoms with Gasteiger partial charge in [-0.1, -0.05) is 6.07 Å². The molecule has 3 nitrogen and oxygen atoms in total. The summed E-state index contributed by atoms with van der Waals surface area (Å²) in [6.45, 7) is 1.90. The van der Waals surface area contributed by atoms with Crippen molar-refractivity contribution in [2.45, 2.75) is 19.8 Å². The van der Waals surface area contributed by atoms with Crippen LogP contribution in [0.5, 0.6) is 0 Å². The van der Waals surface area contributed by atoms with Crippen molar-refractivity contribution < 1.29 is 9.90 Å². The van der Waals surface area contributed by atoms with Crippen LogP contribution < -0.4 is 0 Å². The minimum absolute atomic E-state index is 0.171. The first-order valence-electron chi connectivity index (χ1n) is 3.82. The molecule has 1 N–H and O–H groups in total. The van der Waals surface area contributed by atoms with Crippen molar-refractivity contribution in [1.29, 1.82) is 0 Å². The van der Waals surface area contributed by atoms with Crippen molar-refractivity contribution in [3.8, 4) is 0 Å². The Morgan fingerprint density at radius 3 is 2.83 bits per heavy atom. The zero-order chi connectivity index (χ0) is 8.97. The Labute approximate surface area is 71.1 Å². The van der Waals surface area contributed by atoms with Crippen molar-refractivity contribution in [2.75, 3.05) is 0 Å².